The average molecular weight is 341 g/mol. The van der Waals surface area contributed by atoms with Gasteiger partial charge < -0.3 is 20.7 Å². The van der Waals surface area contributed by atoms with Crippen LogP contribution in [0, 0.1) is 0 Å². The van der Waals surface area contributed by atoms with Crippen LogP contribution in [-0.4, -0.2) is 31.5 Å². The minimum atomic E-state index is -0.179. The summed E-state index contributed by atoms with van der Waals surface area (Å²) in [5, 5.41) is 8.65. The average Bonchev–Trinajstić information content (AvgIpc) is 2.60. The number of nitrogens with one attached hydrogen (secondary N) is 3. The van der Waals surface area contributed by atoms with Crippen molar-refractivity contribution in [2.24, 2.45) is 0 Å². The van der Waals surface area contributed by atoms with Crippen molar-refractivity contribution in [3.05, 3.63) is 54.1 Å². The summed E-state index contributed by atoms with van der Waals surface area (Å²) in [6.07, 6.45) is 0. The molecule has 0 fully saturated rings. The molecular weight excluding hydrogens is 318 g/mol. The van der Waals surface area contributed by atoms with Crippen LogP contribution in [-0.2, 0) is 4.79 Å². The van der Waals surface area contributed by atoms with Crippen LogP contribution in [0.4, 0.5) is 11.4 Å². The van der Waals surface area contributed by atoms with Crippen molar-refractivity contribution in [3.63, 3.8) is 0 Å². The first-order valence-corrected chi connectivity index (χ1v) is 8.06. The number of methoxy groups -OCH3 is 1. The molecule has 6 nitrogen and oxygen atoms in total. The fraction of sp³-hybridized carbons (Fsp3) is 0.263. The first-order chi connectivity index (χ1) is 12.0. The molecule has 0 heterocycles. The molecule has 0 saturated carbocycles. The van der Waals surface area contributed by atoms with Crippen LogP contribution in [0.2, 0.25) is 0 Å². The Kier molecular flexibility index (Phi) is 6.39. The first kappa shape index (κ1) is 18.3. The lowest BCUT2D eigenvalue weighted by atomic mass is 10.1. The van der Waals surface area contributed by atoms with Crippen LogP contribution < -0.4 is 20.7 Å². The molecular formula is C19H23N3O3. The fourth-order valence-electron chi connectivity index (χ4n) is 2.18. The van der Waals surface area contributed by atoms with E-state index in [-0.39, 0.29) is 24.4 Å². The van der Waals surface area contributed by atoms with E-state index in [1.165, 1.54) is 0 Å². The van der Waals surface area contributed by atoms with Crippen LogP contribution in [0.25, 0.3) is 0 Å². The molecule has 0 atom stereocenters. The topological polar surface area (TPSA) is 79.5 Å². The molecule has 0 aliphatic heterocycles. The lowest BCUT2D eigenvalue weighted by Crippen LogP contribution is -2.30. The smallest absolute Gasteiger partial charge is 0.251 e. The Bertz CT molecular complexity index is 727. The zero-order chi connectivity index (χ0) is 18.2. The van der Waals surface area contributed by atoms with Crippen molar-refractivity contribution in [2.75, 3.05) is 24.3 Å². The second-order valence-corrected chi connectivity index (χ2v) is 5.84. The summed E-state index contributed by atoms with van der Waals surface area (Å²) in [4.78, 5) is 24.0. The Morgan fingerprint density at radius 2 is 1.76 bits per heavy atom. The molecule has 0 aromatic heterocycles. The van der Waals surface area contributed by atoms with E-state index in [0.29, 0.717) is 16.9 Å². The van der Waals surface area contributed by atoms with E-state index in [1.54, 1.807) is 49.6 Å². The molecule has 0 saturated heterocycles. The molecule has 132 valence electrons. The Morgan fingerprint density at radius 3 is 2.40 bits per heavy atom. The largest absolute Gasteiger partial charge is 0.497 e. The molecule has 6 heteroatoms. The predicted octanol–water partition coefficient (Wildman–Crippen LogP) is 2.88. The van der Waals surface area contributed by atoms with Gasteiger partial charge in [0.1, 0.15) is 5.75 Å². The van der Waals surface area contributed by atoms with Gasteiger partial charge in [-0.05, 0) is 56.3 Å². The highest BCUT2D eigenvalue weighted by molar-refractivity contribution is 5.96. The van der Waals surface area contributed by atoms with Crippen molar-refractivity contribution in [2.45, 2.75) is 19.9 Å². The molecule has 0 radical (unpaired) electrons. The van der Waals surface area contributed by atoms with Gasteiger partial charge in [0.05, 0.1) is 13.7 Å². The van der Waals surface area contributed by atoms with Crippen LogP contribution in [0.3, 0.4) is 0 Å². The summed E-state index contributed by atoms with van der Waals surface area (Å²) in [6.45, 7) is 3.91. The number of benzene rings is 2. The van der Waals surface area contributed by atoms with Crippen LogP contribution >= 0.6 is 0 Å². The quantitative estimate of drug-likeness (QED) is 0.723. The zero-order valence-corrected chi connectivity index (χ0v) is 14.6. The summed E-state index contributed by atoms with van der Waals surface area (Å²) in [5.74, 6) is 0.413. The normalized spacial score (nSPS) is 10.2. The molecule has 3 N–H and O–H groups in total. The lowest BCUT2D eigenvalue weighted by molar-refractivity contribution is -0.114. The summed E-state index contributed by atoms with van der Waals surface area (Å²) in [6, 6.07) is 14.2. The monoisotopic (exact) mass is 341 g/mol. The molecule has 0 bridgehead atoms. The van der Waals surface area contributed by atoms with E-state index in [0.717, 1.165) is 5.75 Å². The molecule has 25 heavy (non-hydrogen) atoms. The summed E-state index contributed by atoms with van der Waals surface area (Å²) >= 11 is 0. The van der Waals surface area contributed by atoms with Crippen molar-refractivity contribution in [3.8, 4) is 5.75 Å². The summed E-state index contributed by atoms with van der Waals surface area (Å²) in [7, 11) is 1.59. The number of hydrogen-bond acceptors (Lipinski definition) is 4. The van der Waals surface area contributed by atoms with Crippen molar-refractivity contribution < 1.29 is 14.3 Å². The SMILES string of the molecule is COc1ccc(NC(=O)CNc2cccc(C(=O)NC(C)C)c2)cc1. The third-order valence-corrected chi connectivity index (χ3v) is 3.37. The predicted molar refractivity (Wildman–Crippen MR) is 99.2 cm³/mol. The highest BCUT2D eigenvalue weighted by atomic mass is 16.5. The summed E-state index contributed by atoms with van der Waals surface area (Å²) < 4.78 is 5.08. The highest BCUT2D eigenvalue weighted by Crippen LogP contribution is 2.15. The Labute approximate surface area is 147 Å². The van der Waals surface area contributed by atoms with E-state index in [4.69, 9.17) is 4.74 Å². The minimum Gasteiger partial charge on any atom is -0.497 e. The Hall–Kier alpha value is -3.02. The standard InChI is InChI=1S/C19H23N3O3/c1-13(2)21-19(24)14-5-4-6-16(11-14)20-12-18(23)22-15-7-9-17(25-3)10-8-15/h4-11,13,20H,12H2,1-3H3,(H,21,24)(H,22,23). The number of amides is 2. The highest BCUT2D eigenvalue weighted by Gasteiger charge is 2.08. The van der Waals surface area contributed by atoms with Crippen LogP contribution in [0.5, 0.6) is 5.75 Å². The van der Waals surface area contributed by atoms with E-state index >= 15 is 0 Å². The minimum absolute atomic E-state index is 0.0689. The van der Waals surface area contributed by atoms with Crippen LogP contribution in [0.1, 0.15) is 24.2 Å². The molecule has 2 aromatic rings. The van der Waals surface area contributed by atoms with Gasteiger partial charge in [0, 0.05) is 23.0 Å². The van der Waals surface area contributed by atoms with Gasteiger partial charge in [0.25, 0.3) is 5.91 Å². The van der Waals surface area contributed by atoms with Crippen molar-refractivity contribution in [1.29, 1.82) is 0 Å². The van der Waals surface area contributed by atoms with Gasteiger partial charge >= 0.3 is 0 Å². The second-order valence-electron chi connectivity index (χ2n) is 5.84. The van der Waals surface area contributed by atoms with E-state index in [1.807, 2.05) is 19.9 Å². The number of carbonyl (C=O) groups excluding carboxylic acids is 2. The number of carbonyl (C=O) groups is 2. The summed E-state index contributed by atoms with van der Waals surface area (Å²) in [5.41, 5.74) is 1.95. The maximum atomic E-state index is 12.0. The number of ether oxygens (including phenoxy) is 1. The fourth-order valence-corrected chi connectivity index (χ4v) is 2.18. The van der Waals surface area contributed by atoms with Gasteiger partial charge in [-0.15, -0.1) is 0 Å². The maximum Gasteiger partial charge on any atom is 0.251 e. The van der Waals surface area contributed by atoms with Gasteiger partial charge in [-0.2, -0.15) is 0 Å². The third kappa shape index (κ3) is 5.84. The molecule has 2 aromatic carbocycles. The molecule has 2 amide bonds. The van der Waals surface area contributed by atoms with E-state index < -0.39 is 0 Å². The first-order valence-electron chi connectivity index (χ1n) is 8.06. The molecule has 2 rings (SSSR count). The number of hydrogen-bond donors (Lipinski definition) is 3. The van der Waals surface area contributed by atoms with Gasteiger partial charge in [-0.1, -0.05) is 6.07 Å². The molecule has 0 aliphatic carbocycles. The van der Waals surface area contributed by atoms with E-state index in [9.17, 15) is 9.59 Å². The second kappa shape index (κ2) is 8.73. The van der Waals surface area contributed by atoms with Crippen molar-refractivity contribution >= 4 is 23.2 Å². The number of anilines is 2. The maximum absolute atomic E-state index is 12.0. The lowest BCUT2D eigenvalue weighted by Gasteiger charge is -2.11. The number of rotatable bonds is 7. The molecule has 0 aliphatic rings. The Morgan fingerprint density at radius 1 is 1.04 bits per heavy atom. The van der Waals surface area contributed by atoms with Gasteiger partial charge in [-0.3, -0.25) is 9.59 Å². The Balaban J connectivity index is 1.89. The van der Waals surface area contributed by atoms with Gasteiger partial charge in [-0.25, -0.2) is 0 Å². The zero-order valence-electron chi connectivity index (χ0n) is 14.6. The van der Waals surface area contributed by atoms with Gasteiger partial charge in [0.2, 0.25) is 5.91 Å². The van der Waals surface area contributed by atoms with Crippen molar-refractivity contribution in [1.82, 2.24) is 5.32 Å². The third-order valence-electron chi connectivity index (χ3n) is 3.37. The van der Waals surface area contributed by atoms with Crippen LogP contribution in [0.15, 0.2) is 48.5 Å². The molecule has 0 spiro atoms. The van der Waals surface area contributed by atoms with E-state index in [2.05, 4.69) is 16.0 Å². The molecule has 0 unspecified atom stereocenters. The van der Waals surface area contributed by atoms with Gasteiger partial charge in [0.15, 0.2) is 0 Å².